The molecular weight excluding hydrogens is 208 g/mol. The normalized spacial score (nSPS) is 48.0. The minimum Gasteiger partial charge on any atom is -0.327 e. The summed E-state index contributed by atoms with van der Waals surface area (Å²) in [5, 5.41) is 0. The molecule has 1 heterocycles. The van der Waals surface area contributed by atoms with Gasteiger partial charge in [-0.3, -0.25) is 4.90 Å². The molecule has 2 aliphatic carbocycles. The lowest BCUT2D eigenvalue weighted by Crippen LogP contribution is -2.39. The van der Waals surface area contributed by atoms with Crippen LogP contribution in [0.4, 0.5) is 0 Å². The summed E-state index contributed by atoms with van der Waals surface area (Å²) in [6, 6.07) is 1.39. The first-order valence-electron chi connectivity index (χ1n) is 7.73. The molecule has 0 spiro atoms. The van der Waals surface area contributed by atoms with Crippen LogP contribution in [0, 0.1) is 17.8 Å². The number of rotatable bonds is 1. The van der Waals surface area contributed by atoms with Gasteiger partial charge < -0.3 is 5.73 Å². The van der Waals surface area contributed by atoms with Gasteiger partial charge in [-0.2, -0.15) is 0 Å². The zero-order valence-corrected chi connectivity index (χ0v) is 11.3. The first kappa shape index (κ1) is 12.0. The van der Waals surface area contributed by atoms with Crippen molar-refractivity contribution in [3.63, 3.8) is 0 Å². The Hall–Kier alpha value is -0.0800. The maximum Gasteiger partial charge on any atom is 0.00957 e. The minimum absolute atomic E-state index is 0.501. The number of nitrogens with two attached hydrogens (primary N) is 1. The zero-order valence-electron chi connectivity index (χ0n) is 11.3. The first-order chi connectivity index (χ1) is 8.24. The second-order valence-electron chi connectivity index (χ2n) is 6.89. The average molecular weight is 236 g/mol. The van der Waals surface area contributed by atoms with E-state index >= 15 is 0 Å². The molecule has 17 heavy (non-hydrogen) atoms. The topological polar surface area (TPSA) is 29.3 Å². The molecule has 0 aromatic rings. The van der Waals surface area contributed by atoms with Gasteiger partial charge in [0.1, 0.15) is 0 Å². The number of nitrogens with zero attached hydrogens (tertiary/aromatic N) is 1. The van der Waals surface area contributed by atoms with E-state index in [4.69, 9.17) is 5.73 Å². The molecule has 0 amide bonds. The largest absolute Gasteiger partial charge is 0.327 e. The summed E-state index contributed by atoms with van der Waals surface area (Å²) in [7, 11) is 0. The Morgan fingerprint density at radius 1 is 0.941 bits per heavy atom. The van der Waals surface area contributed by atoms with Gasteiger partial charge in [-0.05, 0) is 56.3 Å². The second-order valence-corrected chi connectivity index (χ2v) is 6.89. The second kappa shape index (κ2) is 4.89. The van der Waals surface area contributed by atoms with Crippen LogP contribution in [-0.4, -0.2) is 30.1 Å². The summed E-state index contributed by atoms with van der Waals surface area (Å²) in [6.07, 6.45) is 9.86. The van der Waals surface area contributed by atoms with Gasteiger partial charge in [0.25, 0.3) is 0 Å². The molecule has 0 aromatic heterocycles. The maximum atomic E-state index is 6.31. The van der Waals surface area contributed by atoms with Crippen LogP contribution in [0.3, 0.4) is 0 Å². The molecule has 3 aliphatic rings. The van der Waals surface area contributed by atoms with E-state index in [9.17, 15) is 0 Å². The summed E-state index contributed by atoms with van der Waals surface area (Å²) in [4.78, 5) is 2.80. The average Bonchev–Trinajstić information content (AvgIpc) is 2.75. The fourth-order valence-corrected chi connectivity index (χ4v) is 4.46. The Labute approximate surface area is 106 Å². The van der Waals surface area contributed by atoms with Gasteiger partial charge in [0.2, 0.25) is 0 Å². The van der Waals surface area contributed by atoms with E-state index in [0.717, 1.165) is 23.8 Å². The van der Waals surface area contributed by atoms with Crippen molar-refractivity contribution in [2.24, 2.45) is 23.5 Å². The highest BCUT2D eigenvalue weighted by atomic mass is 15.2. The number of likely N-dealkylation sites (tertiary alicyclic amines) is 1. The van der Waals surface area contributed by atoms with Gasteiger partial charge in [-0.15, -0.1) is 0 Å². The zero-order chi connectivity index (χ0) is 11.8. The van der Waals surface area contributed by atoms with Crippen molar-refractivity contribution in [1.29, 1.82) is 0 Å². The Morgan fingerprint density at radius 3 is 2.41 bits per heavy atom. The van der Waals surface area contributed by atoms with E-state index in [0.29, 0.717) is 6.04 Å². The van der Waals surface area contributed by atoms with Crippen molar-refractivity contribution in [1.82, 2.24) is 4.90 Å². The first-order valence-corrected chi connectivity index (χ1v) is 7.73. The predicted molar refractivity (Wildman–Crippen MR) is 71.8 cm³/mol. The van der Waals surface area contributed by atoms with Crippen LogP contribution in [0.2, 0.25) is 0 Å². The van der Waals surface area contributed by atoms with Crippen LogP contribution in [0.5, 0.6) is 0 Å². The van der Waals surface area contributed by atoms with E-state index in [2.05, 4.69) is 11.8 Å². The Bertz CT molecular complexity index is 258. The van der Waals surface area contributed by atoms with Gasteiger partial charge in [0.05, 0.1) is 0 Å². The van der Waals surface area contributed by atoms with Crippen molar-refractivity contribution in [3.8, 4) is 0 Å². The highest BCUT2D eigenvalue weighted by Crippen LogP contribution is 2.38. The number of hydrogen-bond acceptors (Lipinski definition) is 2. The molecule has 1 saturated heterocycles. The quantitative estimate of drug-likeness (QED) is 0.758. The molecule has 2 heteroatoms. The molecule has 1 aliphatic heterocycles. The van der Waals surface area contributed by atoms with Gasteiger partial charge in [0.15, 0.2) is 0 Å². The fourth-order valence-electron chi connectivity index (χ4n) is 4.46. The smallest absolute Gasteiger partial charge is 0.00957 e. The minimum atomic E-state index is 0.501. The molecular formula is C15H28N2. The third-order valence-corrected chi connectivity index (χ3v) is 5.68. The summed E-state index contributed by atoms with van der Waals surface area (Å²) in [5.41, 5.74) is 6.31. The lowest BCUT2D eigenvalue weighted by molar-refractivity contribution is 0.161. The third kappa shape index (κ3) is 2.39. The lowest BCUT2D eigenvalue weighted by Gasteiger charge is -2.33. The Kier molecular flexibility index (Phi) is 3.45. The molecule has 0 radical (unpaired) electrons. The summed E-state index contributed by atoms with van der Waals surface area (Å²) in [6.45, 7) is 5.08. The third-order valence-electron chi connectivity index (χ3n) is 5.68. The van der Waals surface area contributed by atoms with Crippen LogP contribution in [0.15, 0.2) is 0 Å². The van der Waals surface area contributed by atoms with Crippen LogP contribution in [-0.2, 0) is 0 Å². The van der Waals surface area contributed by atoms with E-state index in [1.165, 1.54) is 58.0 Å². The molecule has 3 atom stereocenters. The molecule has 3 unspecified atom stereocenters. The summed E-state index contributed by atoms with van der Waals surface area (Å²) in [5.74, 6) is 2.72. The Morgan fingerprint density at radius 2 is 1.71 bits per heavy atom. The standard InChI is InChI=1S/C15H28N2/c1-11-5-7-13(8-6-11)17-9-12-3-2-4-15(16)14(12)10-17/h11-15H,2-10,16H2,1H3. The number of fused-ring (bicyclic) bond motifs is 1. The van der Waals surface area contributed by atoms with Crippen LogP contribution < -0.4 is 5.73 Å². The molecule has 2 saturated carbocycles. The molecule has 0 bridgehead atoms. The monoisotopic (exact) mass is 236 g/mol. The summed E-state index contributed by atoms with van der Waals surface area (Å²) >= 11 is 0. The van der Waals surface area contributed by atoms with Crippen molar-refractivity contribution in [3.05, 3.63) is 0 Å². The molecule has 0 aromatic carbocycles. The van der Waals surface area contributed by atoms with E-state index in [1.807, 2.05) is 0 Å². The van der Waals surface area contributed by atoms with Gasteiger partial charge >= 0.3 is 0 Å². The molecule has 3 rings (SSSR count). The SMILES string of the molecule is CC1CCC(N2CC3CCCC(N)C3C2)CC1. The summed E-state index contributed by atoms with van der Waals surface area (Å²) < 4.78 is 0. The highest BCUT2D eigenvalue weighted by Gasteiger charge is 2.41. The maximum absolute atomic E-state index is 6.31. The fraction of sp³-hybridized carbons (Fsp3) is 1.00. The van der Waals surface area contributed by atoms with Crippen molar-refractivity contribution < 1.29 is 0 Å². The van der Waals surface area contributed by atoms with Gasteiger partial charge in [0, 0.05) is 25.2 Å². The molecule has 3 fully saturated rings. The van der Waals surface area contributed by atoms with Crippen molar-refractivity contribution in [2.45, 2.75) is 64.0 Å². The molecule has 98 valence electrons. The Balaban J connectivity index is 1.59. The lowest BCUT2D eigenvalue weighted by atomic mass is 9.78. The van der Waals surface area contributed by atoms with Gasteiger partial charge in [-0.25, -0.2) is 0 Å². The van der Waals surface area contributed by atoms with Crippen molar-refractivity contribution >= 4 is 0 Å². The van der Waals surface area contributed by atoms with E-state index < -0.39 is 0 Å². The van der Waals surface area contributed by atoms with Crippen LogP contribution in [0.1, 0.15) is 51.9 Å². The van der Waals surface area contributed by atoms with E-state index in [1.54, 1.807) is 0 Å². The van der Waals surface area contributed by atoms with E-state index in [-0.39, 0.29) is 0 Å². The highest BCUT2D eigenvalue weighted by molar-refractivity contribution is 4.95. The molecule has 2 N–H and O–H groups in total. The predicted octanol–water partition coefficient (Wildman–Crippen LogP) is 2.62. The van der Waals surface area contributed by atoms with Crippen molar-refractivity contribution in [2.75, 3.05) is 13.1 Å². The van der Waals surface area contributed by atoms with Crippen LogP contribution in [0.25, 0.3) is 0 Å². The number of hydrogen-bond donors (Lipinski definition) is 1. The molecule has 2 nitrogen and oxygen atoms in total. The van der Waals surface area contributed by atoms with Gasteiger partial charge in [-0.1, -0.05) is 13.3 Å². The van der Waals surface area contributed by atoms with Crippen LogP contribution >= 0.6 is 0 Å².